The zero-order valence-corrected chi connectivity index (χ0v) is 8.92. The van der Waals surface area contributed by atoms with Gasteiger partial charge >= 0.3 is 6.09 Å². The molecule has 0 unspecified atom stereocenters. The van der Waals surface area contributed by atoms with Crippen molar-refractivity contribution in [3.05, 3.63) is 16.6 Å². The maximum Gasteiger partial charge on any atom is 0.404 e. The van der Waals surface area contributed by atoms with E-state index in [2.05, 4.69) is 15.3 Å². The highest BCUT2D eigenvalue weighted by Gasteiger charge is 2.08. The Hall–Kier alpha value is -1.27. The molecule has 0 atom stereocenters. The van der Waals surface area contributed by atoms with Gasteiger partial charge in [-0.3, -0.25) is 0 Å². The van der Waals surface area contributed by atoms with Crippen LogP contribution in [0.4, 0.5) is 4.79 Å². The van der Waals surface area contributed by atoms with Gasteiger partial charge in [0, 0.05) is 0 Å². The van der Waals surface area contributed by atoms with Crippen LogP contribution in [0.1, 0.15) is 0 Å². The fourth-order valence-electron chi connectivity index (χ4n) is 0.763. The van der Waals surface area contributed by atoms with Crippen LogP contribution in [-0.4, -0.2) is 34.3 Å². The number of rotatable bonds is 4. The molecule has 0 saturated carbocycles. The molecule has 0 aliphatic rings. The Labute approximate surface area is 95.2 Å². The second-order valence-corrected chi connectivity index (χ2v) is 3.08. The van der Waals surface area contributed by atoms with Crippen molar-refractivity contribution in [3.8, 4) is 5.75 Å². The van der Waals surface area contributed by atoms with Crippen LogP contribution in [0.3, 0.4) is 0 Å². The van der Waals surface area contributed by atoms with Gasteiger partial charge in [-0.1, -0.05) is 23.2 Å². The summed E-state index contributed by atoms with van der Waals surface area (Å²) >= 11 is 11.3. The first-order valence-electron chi connectivity index (χ1n) is 3.87. The number of nitrogens with zero attached hydrogens (tertiary/aromatic N) is 2. The molecule has 0 aliphatic heterocycles. The topological polar surface area (TPSA) is 84.3 Å². The van der Waals surface area contributed by atoms with E-state index >= 15 is 0 Å². The average molecular weight is 252 g/mol. The van der Waals surface area contributed by atoms with Crippen LogP contribution in [0.15, 0.2) is 6.33 Å². The van der Waals surface area contributed by atoms with E-state index in [1.807, 2.05) is 0 Å². The lowest BCUT2D eigenvalue weighted by molar-refractivity contribution is 0.191. The summed E-state index contributed by atoms with van der Waals surface area (Å²) in [5.74, 6) is 0.146. The van der Waals surface area contributed by atoms with Crippen molar-refractivity contribution in [2.75, 3.05) is 13.2 Å². The lowest BCUT2D eigenvalue weighted by atomic mass is 10.6. The third-order valence-electron chi connectivity index (χ3n) is 1.34. The number of nitrogens with one attached hydrogen (secondary N) is 1. The van der Waals surface area contributed by atoms with E-state index in [9.17, 15) is 4.79 Å². The Morgan fingerprint density at radius 3 is 2.60 bits per heavy atom. The summed E-state index contributed by atoms with van der Waals surface area (Å²) in [6.45, 7) is 0.218. The number of carboxylic acid groups (broad SMARTS) is 1. The van der Waals surface area contributed by atoms with Gasteiger partial charge in [0.2, 0.25) is 0 Å². The van der Waals surface area contributed by atoms with Crippen LogP contribution in [0.5, 0.6) is 5.75 Å². The molecule has 0 spiro atoms. The molecule has 1 aromatic rings. The molecular weight excluding hydrogens is 245 g/mol. The predicted octanol–water partition coefficient (Wildman–Crippen LogP) is 1.43. The van der Waals surface area contributed by atoms with Gasteiger partial charge in [0.1, 0.15) is 12.9 Å². The van der Waals surface area contributed by atoms with Gasteiger partial charge in [-0.05, 0) is 0 Å². The molecule has 1 aromatic heterocycles. The molecule has 1 heterocycles. The van der Waals surface area contributed by atoms with E-state index in [-0.39, 0.29) is 29.2 Å². The van der Waals surface area contributed by atoms with E-state index in [1.54, 1.807) is 0 Å². The molecule has 82 valence electrons. The van der Waals surface area contributed by atoms with Gasteiger partial charge in [-0.2, -0.15) is 0 Å². The minimum absolute atomic E-state index is 0.0883. The fraction of sp³-hybridized carbons (Fsp3) is 0.286. The highest BCUT2D eigenvalue weighted by atomic mass is 35.5. The molecule has 2 N–H and O–H groups in total. The second-order valence-electron chi connectivity index (χ2n) is 2.36. The van der Waals surface area contributed by atoms with Gasteiger partial charge in [0.25, 0.3) is 0 Å². The number of halogens is 2. The number of aromatic nitrogens is 2. The molecule has 8 heteroatoms. The summed E-state index contributed by atoms with van der Waals surface area (Å²) in [7, 11) is 0. The van der Waals surface area contributed by atoms with Gasteiger partial charge in [-0.25, -0.2) is 14.8 Å². The first-order valence-corrected chi connectivity index (χ1v) is 4.62. The van der Waals surface area contributed by atoms with Gasteiger partial charge in [0.05, 0.1) is 6.54 Å². The smallest absolute Gasteiger partial charge is 0.404 e. The summed E-state index contributed by atoms with van der Waals surface area (Å²) in [6.07, 6.45) is 0.0765. The van der Waals surface area contributed by atoms with Gasteiger partial charge < -0.3 is 15.2 Å². The molecular formula is C7H7Cl2N3O3. The van der Waals surface area contributed by atoms with Crippen LogP contribution >= 0.6 is 23.2 Å². The van der Waals surface area contributed by atoms with Crippen LogP contribution in [0, 0.1) is 0 Å². The molecule has 0 aliphatic carbocycles. The summed E-state index contributed by atoms with van der Waals surface area (Å²) < 4.78 is 5.10. The summed E-state index contributed by atoms with van der Waals surface area (Å²) in [5, 5.41) is 10.6. The van der Waals surface area contributed by atoms with Crippen molar-refractivity contribution >= 4 is 29.3 Å². The van der Waals surface area contributed by atoms with E-state index in [1.165, 1.54) is 6.33 Å². The van der Waals surface area contributed by atoms with Gasteiger partial charge in [0.15, 0.2) is 16.1 Å². The Balaban J connectivity index is 2.47. The highest BCUT2D eigenvalue weighted by molar-refractivity contribution is 6.35. The van der Waals surface area contributed by atoms with E-state index < -0.39 is 6.09 Å². The molecule has 0 bridgehead atoms. The fourth-order valence-corrected chi connectivity index (χ4v) is 1.19. The third kappa shape index (κ3) is 3.77. The second kappa shape index (κ2) is 5.57. The van der Waals surface area contributed by atoms with Crippen LogP contribution in [0.25, 0.3) is 0 Å². The Bertz CT molecular complexity index is 341. The quantitative estimate of drug-likeness (QED) is 0.625. The van der Waals surface area contributed by atoms with Crippen molar-refractivity contribution < 1.29 is 14.6 Å². The molecule has 0 fully saturated rings. The van der Waals surface area contributed by atoms with E-state index in [0.717, 1.165) is 0 Å². The van der Waals surface area contributed by atoms with Crippen molar-refractivity contribution in [2.45, 2.75) is 0 Å². The van der Waals surface area contributed by atoms with Crippen molar-refractivity contribution in [3.63, 3.8) is 0 Å². The number of ether oxygens (including phenoxy) is 1. The predicted molar refractivity (Wildman–Crippen MR) is 53.6 cm³/mol. The largest absolute Gasteiger partial charge is 0.485 e. The van der Waals surface area contributed by atoms with Crippen LogP contribution in [-0.2, 0) is 0 Å². The van der Waals surface area contributed by atoms with Crippen LogP contribution < -0.4 is 10.1 Å². The zero-order valence-electron chi connectivity index (χ0n) is 7.41. The van der Waals surface area contributed by atoms with E-state index in [0.29, 0.717) is 0 Å². The van der Waals surface area contributed by atoms with Crippen molar-refractivity contribution in [1.82, 2.24) is 15.3 Å². The van der Waals surface area contributed by atoms with Crippen molar-refractivity contribution in [2.24, 2.45) is 0 Å². The number of hydrogen-bond donors (Lipinski definition) is 2. The normalized spacial score (nSPS) is 9.73. The molecule has 0 saturated heterocycles. The SMILES string of the molecule is O=C(O)NCCOc1c(Cl)ncnc1Cl. The summed E-state index contributed by atoms with van der Waals surface area (Å²) in [6, 6.07) is 0. The van der Waals surface area contributed by atoms with E-state index in [4.69, 9.17) is 33.0 Å². The zero-order chi connectivity index (χ0) is 11.3. The third-order valence-corrected chi connectivity index (χ3v) is 1.88. The summed E-state index contributed by atoms with van der Waals surface area (Å²) in [5.41, 5.74) is 0. The minimum Gasteiger partial charge on any atom is -0.485 e. The monoisotopic (exact) mass is 251 g/mol. The maximum absolute atomic E-state index is 10.1. The molecule has 6 nitrogen and oxygen atoms in total. The lowest BCUT2D eigenvalue weighted by Crippen LogP contribution is -2.26. The molecule has 0 aromatic carbocycles. The average Bonchev–Trinajstić information content (AvgIpc) is 2.15. The molecule has 1 amide bonds. The molecule has 0 radical (unpaired) electrons. The van der Waals surface area contributed by atoms with Gasteiger partial charge in [-0.15, -0.1) is 0 Å². The molecule has 1 rings (SSSR count). The number of amides is 1. The highest BCUT2D eigenvalue weighted by Crippen LogP contribution is 2.27. The Morgan fingerprint density at radius 2 is 2.07 bits per heavy atom. The van der Waals surface area contributed by atoms with Crippen LogP contribution in [0.2, 0.25) is 10.3 Å². The Morgan fingerprint density at radius 1 is 1.47 bits per heavy atom. The summed E-state index contributed by atoms with van der Waals surface area (Å²) in [4.78, 5) is 17.4. The van der Waals surface area contributed by atoms with Crippen molar-refractivity contribution in [1.29, 1.82) is 0 Å². The Kier molecular flexibility index (Phi) is 4.38. The number of hydrogen-bond acceptors (Lipinski definition) is 4. The number of carbonyl (C=O) groups is 1. The first-order chi connectivity index (χ1) is 7.11. The lowest BCUT2D eigenvalue weighted by Gasteiger charge is -2.07. The standard InChI is InChI=1S/C7H7Cl2N3O3/c8-5-4(6(9)12-3-11-5)15-2-1-10-7(13)14/h3,10H,1-2H2,(H,13,14). The molecule has 15 heavy (non-hydrogen) atoms. The minimum atomic E-state index is -1.12. The first kappa shape index (κ1) is 11.8. The maximum atomic E-state index is 10.1.